The lowest BCUT2D eigenvalue weighted by Crippen LogP contribution is -2.43. The van der Waals surface area contributed by atoms with E-state index in [4.69, 9.17) is 9.15 Å². The van der Waals surface area contributed by atoms with Crippen LogP contribution in [0, 0.1) is 13.8 Å². The Hall–Kier alpha value is -2.08. The van der Waals surface area contributed by atoms with Gasteiger partial charge in [-0.05, 0) is 33.1 Å². The van der Waals surface area contributed by atoms with Gasteiger partial charge in [-0.2, -0.15) is 0 Å². The van der Waals surface area contributed by atoms with E-state index in [0.29, 0.717) is 19.7 Å². The SMILES string of the molecule is Cc1cn(C)c(C2CN(C(=O)c3c(C)oc4c3CCCC4)CCO2)n1. The van der Waals surface area contributed by atoms with E-state index in [1.54, 1.807) is 0 Å². The van der Waals surface area contributed by atoms with Crippen molar-refractivity contribution in [2.24, 2.45) is 7.05 Å². The first-order valence-corrected chi connectivity index (χ1v) is 9.06. The number of amides is 1. The lowest BCUT2D eigenvalue weighted by Gasteiger charge is -2.32. The van der Waals surface area contributed by atoms with Crippen LogP contribution in [0.5, 0.6) is 0 Å². The first-order chi connectivity index (χ1) is 12.0. The molecule has 3 heterocycles. The van der Waals surface area contributed by atoms with E-state index in [1.807, 2.05) is 36.6 Å². The number of aromatic nitrogens is 2. The van der Waals surface area contributed by atoms with Crippen LogP contribution in [0.15, 0.2) is 10.6 Å². The number of imidazole rings is 1. The summed E-state index contributed by atoms with van der Waals surface area (Å²) >= 11 is 0. The third kappa shape index (κ3) is 2.88. The Morgan fingerprint density at radius 1 is 1.28 bits per heavy atom. The van der Waals surface area contributed by atoms with Gasteiger partial charge < -0.3 is 18.6 Å². The molecular formula is C19H25N3O3. The number of carbonyl (C=O) groups excluding carboxylic acids is 1. The number of nitrogens with zero attached hydrogens (tertiary/aromatic N) is 3. The second-order valence-electron chi connectivity index (χ2n) is 7.10. The fourth-order valence-electron chi connectivity index (χ4n) is 4.06. The van der Waals surface area contributed by atoms with Gasteiger partial charge in [0.15, 0.2) is 0 Å². The molecule has 1 fully saturated rings. The predicted molar refractivity (Wildman–Crippen MR) is 92.6 cm³/mol. The Bertz CT molecular complexity index is 805. The topological polar surface area (TPSA) is 60.5 Å². The van der Waals surface area contributed by atoms with E-state index in [2.05, 4.69) is 4.98 Å². The normalized spacial score (nSPS) is 20.6. The maximum absolute atomic E-state index is 13.2. The predicted octanol–water partition coefficient (Wildman–Crippen LogP) is 2.72. The van der Waals surface area contributed by atoms with E-state index in [0.717, 1.165) is 59.8 Å². The zero-order chi connectivity index (χ0) is 17.6. The number of aryl methyl sites for hydroxylation is 4. The summed E-state index contributed by atoms with van der Waals surface area (Å²) in [5, 5.41) is 0. The highest BCUT2D eigenvalue weighted by Gasteiger charge is 2.33. The molecule has 0 radical (unpaired) electrons. The Morgan fingerprint density at radius 2 is 2.08 bits per heavy atom. The Kier molecular flexibility index (Phi) is 4.15. The molecule has 134 valence electrons. The quantitative estimate of drug-likeness (QED) is 0.841. The molecule has 2 aromatic heterocycles. The molecule has 0 aromatic carbocycles. The van der Waals surface area contributed by atoms with E-state index < -0.39 is 0 Å². The van der Waals surface area contributed by atoms with E-state index in [-0.39, 0.29) is 12.0 Å². The van der Waals surface area contributed by atoms with Crippen LogP contribution in [-0.4, -0.2) is 40.1 Å². The number of carbonyl (C=O) groups is 1. The van der Waals surface area contributed by atoms with Crippen molar-refractivity contribution in [3.63, 3.8) is 0 Å². The fraction of sp³-hybridized carbons (Fsp3) is 0.579. The second-order valence-corrected chi connectivity index (χ2v) is 7.10. The van der Waals surface area contributed by atoms with Crippen LogP contribution < -0.4 is 0 Å². The smallest absolute Gasteiger partial charge is 0.257 e. The van der Waals surface area contributed by atoms with Crippen LogP contribution in [-0.2, 0) is 24.6 Å². The summed E-state index contributed by atoms with van der Waals surface area (Å²) in [6.45, 7) is 5.55. The molecule has 4 rings (SSSR count). The average molecular weight is 343 g/mol. The molecule has 2 aliphatic rings. The minimum absolute atomic E-state index is 0.0728. The summed E-state index contributed by atoms with van der Waals surface area (Å²) in [5.74, 6) is 2.72. The van der Waals surface area contributed by atoms with Gasteiger partial charge in [-0.15, -0.1) is 0 Å². The number of rotatable bonds is 2. The molecule has 0 bridgehead atoms. The minimum atomic E-state index is -0.181. The Labute approximate surface area is 147 Å². The van der Waals surface area contributed by atoms with Gasteiger partial charge in [-0.3, -0.25) is 4.79 Å². The van der Waals surface area contributed by atoms with E-state index >= 15 is 0 Å². The van der Waals surface area contributed by atoms with Gasteiger partial charge in [0.2, 0.25) is 0 Å². The van der Waals surface area contributed by atoms with Crippen LogP contribution >= 0.6 is 0 Å². The van der Waals surface area contributed by atoms with Crippen molar-refractivity contribution in [3.05, 3.63) is 40.4 Å². The number of ether oxygens (including phenoxy) is 1. The number of furan rings is 1. The maximum Gasteiger partial charge on any atom is 0.257 e. The minimum Gasteiger partial charge on any atom is -0.465 e. The third-order valence-corrected chi connectivity index (χ3v) is 5.24. The largest absolute Gasteiger partial charge is 0.465 e. The molecule has 6 nitrogen and oxygen atoms in total. The third-order valence-electron chi connectivity index (χ3n) is 5.24. The molecule has 0 saturated carbocycles. The highest BCUT2D eigenvalue weighted by Crippen LogP contribution is 2.31. The molecule has 25 heavy (non-hydrogen) atoms. The molecule has 1 unspecified atom stereocenters. The van der Waals surface area contributed by atoms with Crippen LogP contribution in [0.3, 0.4) is 0 Å². The van der Waals surface area contributed by atoms with Crippen LogP contribution in [0.2, 0.25) is 0 Å². The molecular weight excluding hydrogens is 318 g/mol. The second kappa shape index (κ2) is 6.33. The summed E-state index contributed by atoms with van der Waals surface area (Å²) in [6, 6.07) is 0. The molecule has 1 atom stereocenters. The molecule has 1 amide bonds. The summed E-state index contributed by atoms with van der Waals surface area (Å²) < 4.78 is 13.8. The van der Waals surface area contributed by atoms with Crippen molar-refractivity contribution in [2.45, 2.75) is 45.6 Å². The van der Waals surface area contributed by atoms with Crippen LogP contribution in [0.25, 0.3) is 0 Å². The summed E-state index contributed by atoms with van der Waals surface area (Å²) in [5.41, 5.74) is 2.88. The van der Waals surface area contributed by atoms with Gasteiger partial charge in [0.25, 0.3) is 5.91 Å². The summed E-state index contributed by atoms with van der Waals surface area (Å²) in [4.78, 5) is 19.7. The van der Waals surface area contributed by atoms with E-state index in [1.165, 1.54) is 0 Å². The van der Waals surface area contributed by atoms with Gasteiger partial charge in [-0.1, -0.05) is 0 Å². The molecule has 1 saturated heterocycles. The van der Waals surface area contributed by atoms with Crippen molar-refractivity contribution in [3.8, 4) is 0 Å². The first kappa shape index (κ1) is 16.4. The standard InChI is InChI=1S/C19H25N3O3/c1-12-10-21(3)18(20-12)16-11-22(8-9-24-16)19(23)17-13(2)25-15-7-5-4-6-14(15)17/h10,16H,4-9,11H2,1-3H3. The fourth-order valence-corrected chi connectivity index (χ4v) is 4.06. The molecule has 1 aliphatic carbocycles. The van der Waals surface area contributed by atoms with Crippen molar-refractivity contribution in [1.82, 2.24) is 14.5 Å². The van der Waals surface area contributed by atoms with Crippen molar-refractivity contribution >= 4 is 5.91 Å². The Balaban J connectivity index is 1.58. The van der Waals surface area contributed by atoms with Crippen molar-refractivity contribution < 1.29 is 13.9 Å². The zero-order valence-corrected chi connectivity index (χ0v) is 15.2. The number of morpholine rings is 1. The highest BCUT2D eigenvalue weighted by atomic mass is 16.5. The summed E-state index contributed by atoms with van der Waals surface area (Å²) in [7, 11) is 1.97. The van der Waals surface area contributed by atoms with Crippen molar-refractivity contribution in [2.75, 3.05) is 19.7 Å². The highest BCUT2D eigenvalue weighted by molar-refractivity contribution is 5.97. The first-order valence-electron chi connectivity index (χ1n) is 9.06. The average Bonchev–Trinajstić information content (AvgIpc) is 3.12. The molecule has 1 aliphatic heterocycles. The lowest BCUT2D eigenvalue weighted by molar-refractivity contribution is -0.0280. The van der Waals surface area contributed by atoms with Gasteiger partial charge in [0, 0.05) is 31.8 Å². The van der Waals surface area contributed by atoms with Gasteiger partial charge >= 0.3 is 0 Å². The Morgan fingerprint density at radius 3 is 2.84 bits per heavy atom. The number of hydrogen-bond acceptors (Lipinski definition) is 4. The van der Waals surface area contributed by atoms with Gasteiger partial charge in [-0.25, -0.2) is 4.98 Å². The monoisotopic (exact) mass is 343 g/mol. The maximum atomic E-state index is 13.2. The molecule has 0 spiro atoms. The molecule has 6 heteroatoms. The van der Waals surface area contributed by atoms with Crippen LogP contribution in [0.1, 0.15) is 57.9 Å². The molecule has 0 N–H and O–H groups in total. The van der Waals surface area contributed by atoms with Crippen molar-refractivity contribution in [1.29, 1.82) is 0 Å². The molecule has 2 aromatic rings. The van der Waals surface area contributed by atoms with Crippen LogP contribution in [0.4, 0.5) is 0 Å². The lowest BCUT2D eigenvalue weighted by atomic mass is 9.94. The summed E-state index contributed by atoms with van der Waals surface area (Å²) in [6.07, 6.45) is 5.97. The zero-order valence-electron chi connectivity index (χ0n) is 15.2. The number of fused-ring (bicyclic) bond motifs is 1. The number of hydrogen-bond donors (Lipinski definition) is 0. The van der Waals surface area contributed by atoms with E-state index in [9.17, 15) is 4.79 Å². The van der Waals surface area contributed by atoms with Gasteiger partial charge in [0.05, 0.1) is 24.4 Å². The van der Waals surface area contributed by atoms with Gasteiger partial charge in [0.1, 0.15) is 23.4 Å².